The number of hydrogen-bond acceptors (Lipinski definition) is 5. The van der Waals surface area contributed by atoms with Gasteiger partial charge in [-0.05, 0) is 42.7 Å². The number of aliphatic carboxylic acids is 1. The second-order valence-corrected chi connectivity index (χ2v) is 10.4. The predicted molar refractivity (Wildman–Crippen MR) is 132 cm³/mol. The number of benzene rings is 1. The molecule has 5 N–H and O–H groups in total. The van der Waals surface area contributed by atoms with E-state index in [9.17, 15) is 24.6 Å². The molecule has 1 aromatic rings. The quantitative estimate of drug-likeness (QED) is 0.344. The Morgan fingerprint density at radius 3 is 2.59 bits per heavy atom. The summed E-state index contributed by atoms with van der Waals surface area (Å²) >= 11 is 0. The Morgan fingerprint density at radius 2 is 1.94 bits per heavy atom. The Bertz CT molecular complexity index is 857. The van der Waals surface area contributed by atoms with Gasteiger partial charge in [0.25, 0.3) is 0 Å². The molecule has 0 saturated carbocycles. The largest absolute Gasteiger partial charge is 0.481 e. The molecule has 34 heavy (non-hydrogen) atoms. The van der Waals surface area contributed by atoms with E-state index in [2.05, 4.69) is 12.2 Å². The Morgan fingerprint density at radius 1 is 1.26 bits per heavy atom. The zero-order valence-corrected chi connectivity index (χ0v) is 20.9. The SMILES string of the molecule is CCCCNC(=O)[C@H](C)C[C@H](O)[C@@H](N)CC(C)(C)CC(=O)N1C[C@H](C(=O)O)Cc2ccccc21. The lowest BCUT2D eigenvalue weighted by Crippen LogP contribution is -2.45. The van der Waals surface area contributed by atoms with E-state index in [1.54, 1.807) is 11.8 Å². The van der Waals surface area contributed by atoms with Crippen molar-refractivity contribution in [3.05, 3.63) is 29.8 Å². The number of carboxylic acids is 1. The van der Waals surface area contributed by atoms with Crippen molar-refractivity contribution in [1.82, 2.24) is 5.32 Å². The van der Waals surface area contributed by atoms with Crippen LogP contribution in [0.2, 0.25) is 0 Å². The van der Waals surface area contributed by atoms with Gasteiger partial charge in [-0.15, -0.1) is 0 Å². The summed E-state index contributed by atoms with van der Waals surface area (Å²) in [5.74, 6) is -2.17. The number of nitrogens with zero attached hydrogens (tertiary/aromatic N) is 1. The number of carbonyl (C=O) groups excluding carboxylic acids is 2. The van der Waals surface area contributed by atoms with Crippen LogP contribution in [0, 0.1) is 17.3 Å². The number of fused-ring (bicyclic) bond motifs is 1. The molecule has 0 bridgehead atoms. The molecule has 190 valence electrons. The lowest BCUT2D eigenvalue weighted by molar-refractivity contribution is -0.141. The molecule has 0 fully saturated rings. The van der Waals surface area contributed by atoms with Gasteiger partial charge in [-0.3, -0.25) is 14.4 Å². The molecule has 4 atom stereocenters. The number of carbonyl (C=O) groups is 3. The van der Waals surface area contributed by atoms with E-state index in [1.807, 2.05) is 38.1 Å². The first kappa shape index (κ1) is 27.8. The van der Waals surface area contributed by atoms with Gasteiger partial charge >= 0.3 is 5.97 Å². The summed E-state index contributed by atoms with van der Waals surface area (Å²) in [5.41, 5.74) is 7.37. The highest BCUT2D eigenvalue weighted by molar-refractivity contribution is 5.96. The Balaban J connectivity index is 1.97. The van der Waals surface area contributed by atoms with Crippen LogP contribution in [-0.2, 0) is 20.8 Å². The summed E-state index contributed by atoms with van der Waals surface area (Å²) in [6.07, 6.45) is 2.26. The molecular formula is C26H41N3O5. The van der Waals surface area contributed by atoms with Crippen LogP contribution in [0.3, 0.4) is 0 Å². The predicted octanol–water partition coefficient (Wildman–Crippen LogP) is 2.71. The molecule has 1 aromatic carbocycles. The molecule has 1 aliphatic heterocycles. The van der Waals surface area contributed by atoms with Crippen molar-refractivity contribution in [2.24, 2.45) is 23.0 Å². The van der Waals surface area contributed by atoms with Crippen LogP contribution in [0.5, 0.6) is 0 Å². The number of aliphatic hydroxyl groups is 1. The van der Waals surface area contributed by atoms with E-state index in [1.165, 1.54) is 0 Å². The summed E-state index contributed by atoms with van der Waals surface area (Å²) in [6, 6.07) is 6.81. The average molecular weight is 476 g/mol. The lowest BCUT2D eigenvalue weighted by atomic mass is 9.79. The van der Waals surface area contributed by atoms with Crippen molar-refractivity contribution in [2.75, 3.05) is 18.0 Å². The first-order valence-electron chi connectivity index (χ1n) is 12.3. The minimum atomic E-state index is -0.912. The van der Waals surface area contributed by atoms with Gasteiger partial charge in [0.15, 0.2) is 0 Å². The number of unbranched alkanes of at least 4 members (excludes halogenated alkanes) is 1. The van der Waals surface area contributed by atoms with Gasteiger partial charge in [0, 0.05) is 37.2 Å². The number of amides is 2. The zero-order chi connectivity index (χ0) is 25.5. The molecule has 1 aliphatic rings. The molecule has 2 rings (SSSR count). The molecule has 8 nitrogen and oxygen atoms in total. The van der Waals surface area contributed by atoms with Gasteiger partial charge in [0.05, 0.1) is 12.0 Å². The minimum absolute atomic E-state index is 0.0918. The van der Waals surface area contributed by atoms with E-state index in [4.69, 9.17) is 5.73 Å². The fourth-order valence-corrected chi connectivity index (χ4v) is 4.55. The van der Waals surface area contributed by atoms with Gasteiger partial charge in [0.2, 0.25) is 11.8 Å². The monoisotopic (exact) mass is 475 g/mol. The number of carboxylic acid groups (broad SMARTS) is 1. The van der Waals surface area contributed by atoms with E-state index >= 15 is 0 Å². The molecule has 0 radical (unpaired) electrons. The Kier molecular flexibility index (Phi) is 10.1. The maximum absolute atomic E-state index is 13.3. The summed E-state index contributed by atoms with van der Waals surface area (Å²) in [7, 11) is 0. The van der Waals surface area contributed by atoms with E-state index in [0.29, 0.717) is 19.4 Å². The summed E-state index contributed by atoms with van der Waals surface area (Å²) in [5, 5.41) is 23.0. The van der Waals surface area contributed by atoms with Gasteiger partial charge in [-0.2, -0.15) is 0 Å². The summed E-state index contributed by atoms with van der Waals surface area (Å²) < 4.78 is 0. The van der Waals surface area contributed by atoms with Gasteiger partial charge in [-0.1, -0.05) is 52.3 Å². The van der Waals surface area contributed by atoms with Crippen LogP contribution in [0.1, 0.15) is 65.4 Å². The van der Waals surface area contributed by atoms with E-state index in [0.717, 1.165) is 24.1 Å². The van der Waals surface area contributed by atoms with Crippen LogP contribution < -0.4 is 16.0 Å². The molecule has 8 heteroatoms. The van der Waals surface area contributed by atoms with Crippen molar-refractivity contribution >= 4 is 23.5 Å². The van der Waals surface area contributed by atoms with Gasteiger partial charge < -0.3 is 26.2 Å². The third kappa shape index (κ3) is 7.81. The van der Waals surface area contributed by atoms with E-state index < -0.39 is 29.4 Å². The van der Waals surface area contributed by atoms with Crippen LogP contribution >= 0.6 is 0 Å². The van der Waals surface area contributed by atoms with Crippen molar-refractivity contribution in [2.45, 2.75) is 78.4 Å². The molecule has 0 spiro atoms. The summed E-state index contributed by atoms with van der Waals surface area (Å²) in [6.45, 7) is 8.43. The topological polar surface area (TPSA) is 133 Å². The van der Waals surface area contributed by atoms with Crippen molar-refractivity contribution in [3.8, 4) is 0 Å². The van der Waals surface area contributed by atoms with Gasteiger partial charge in [0.1, 0.15) is 0 Å². The maximum Gasteiger partial charge on any atom is 0.308 e. The first-order valence-corrected chi connectivity index (χ1v) is 12.3. The number of anilines is 1. The zero-order valence-electron chi connectivity index (χ0n) is 20.9. The highest BCUT2D eigenvalue weighted by atomic mass is 16.4. The van der Waals surface area contributed by atoms with Crippen LogP contribution in [-0.4, -0.2) is 53.2 Å². The number of para-hydroxylation sites is 1. The van der Waals surface area contributed by atoms with Crippen LogP contribution in [0.4, 0.5) is 5.69 Å². The number of nitrogens with two attached hydrogens (primary N) is 1. The molecule has 0 aromatic heterocycles. The van der Waals surface area contributed by atoms with Gasteiger partial charge in [-0.25, -0.2) is 0 Å². The third-order valence-electron chi connectivity index (χ3n) is 6.59. The van der Waals surface area contributed by atoms with Crippen molar-refractivity contribution < 1.29 is 24.6 Å². The highest BCUT2D eigenvalue weighted by Gasteiger charge is 2.35. The van der Waals surface area contributed by atoms with Crippen molar-refractivity contribution in [1.29, 1.82) is 0 Å². The molecule has 1 heterocycles. The molecule has 0 saturated heterocycles. The number of nitrogens with one attached hydrogen (secondary N) is 1. The number of rotatable bonds is 12. The Labute approximate surface area is 202 Å². The van der Waals surface area contributed by atoms with Crippen molar-refractivity contribution in [3.63, 3.8) is 0 Å². The first-order chi connectivity index (χ1) is 15.9. The molecular weight excluding hydrogens is 434 g/mol. The lowest BCUT2D eigenvalue weighted by Gasteiger charge is -2.36. The fourth-order valence-electron chi connectivity index (χ4n) is 4.55. The molecule has 2 amide bonds. The smallest absolute Gasteiger partial charge is 0.308 e. The third-order valence-corrected chi connectivity index (χ3v) is 6.59. The average Bonchev–Trinajstić information content (AvgIpc) is 2.77. The fraction of sp³-hybridized carbons (Fsp3) is 0.654. The standard InChI is InChI=1S/C26H41N3O5/c1-5-6-11-28-24(32)17(2)12-22(30)20(27)14-26(3,4)15-23(31)29-16-19(25(33)34)13-18-9-7-8-10-21(18)29/h7-10,17,19-20,22,30H,5-6,11-16,27H2,1-4H3,(H,28,32)(H,33,34)/t17-,19-,20+,22+/m1/s1. The maximum atomic E-state index is 13.3. The van der Waals surface area contributed by atoms with E-state index in [-0.39, 0.29) is 37.1 Å². The number of aliphatic hydroxyl groups excluding tert-OH is 1. The molecule has 0 aliphatic carbocycles. The van der Waals surface area contributed by atoms with Crippen LogP contribution in [0.25, 0.3) is 0 Å². The minimum Gasteiger partial charge on any atom is -0.481 e. The normalized spacial score (nSPS) is 18.5. The second-order valence-electron chi connectivity index (χ2n) is 10.4. The number of hydrogen-bond donors (Lipinski definition) is 4. The van der Waals surface area contributed by atoms with Crippen LogP contribution in [0.15, 0.2) is 24.3 Å². The Hall–Kier alpha value is -2.45. The highest BCUT2D eigenvalue weighted by Crippen LogP contribution is 2.34. The summed E-state index contributed by atoms with van der Waals surface area (Å²) in [4.78, 5) is 38.7. The molecule has 0 unspecified atom stereocenters. The second kappa shape index (κ2) is 12.3.